The Balaban J connectivity index is 1.56. The summed E-state index contributed by atoms with van der Waals surface area (Å²) >= 11 is 0. The van der Waals surface area contributed by atoms with Crippen LogP contribution in [0.5, 0.6) is 0 Å². The number of carbonyl (C=O) groups is 2. The maximum absolute atomic E-state index is 11.5. The van der Waals surface area contributed by atoms with Crippen LogP contribution in [0.1, 0.15) is 38.5 Å². The minimum Gasteiger partial charge on any atom is -0.296 e. The first-order valence-electron chi connectivity index (χ1n) is 6.34. The van der Waals surface area contributed by atoms with Crippen LogP contribution in [0.3, 0.4) is 0 Å². The second kappa shape index (κ2) is 3.84. The van der Waals surface area contributed by atoms with E-state index in [2.05, 4.69) is 4.90 Å². The molecule has 0 aromatic heterocycles. The molecule has 2 saturated heterocycles. The molecule has 3 aliphatic rings. The molecular weight excluding hydrogens is 204 g/mol. The highest BCUT2D eigenvalue weighted by atomic mass is 16.2. The minimum atomic E-state index is 0.0427. The Labute approximate surface area is 95.6 Å². The van der Waals surface area contributed by atoms with Crippen molar-refractivity contribution in [3.63, 3.8) is 0 Å². The van der Waals surface area contributed by atoms with Gasteiger partial charge in [0.25, 0.3) is 0 Å². The van der Waals surface area contributed by atoms with E-state index in [1.807, 2.05) is 0 Å². The Morgan fingerprint density at radius 1 is 0.875 bits per heavy atom. The Bertz CT molecular complexity index is 301. The van der Waals surface area contributed by atoms with Gasteiger partial charge in [0, 0.05) is 32.0 Å². The predicted molar refractivity (Wildman–Crippen MR) is 58.7 cm³/mol. The van der Waals surface area contributed by atoms with Gasteiger partial charge in [0.2, 0.25) is 11.8 Å². The molecule has 2 aliphatic heterocycles. The standard InChI is InChI=1S/C12H18N2O2/c15-11-5-6-12(16)14(11)10-7-13(8-10)9-3-1-2-4-9/h9-10H,1-8H2. The van der Waals surface area contributed by atoms with Crippen molar-refractivity contribution in [1.29, 1.82) is 0 Å². The van der Waals surface area contributed by atoms with E-state index >= 15 is 0 Å². The SMILES string of the molecule is O=C1CCC(=O)N1C1CN(C2CCCC2)C1. The summed E-state index contributed by atoms with van der Waals surface area (Å²) < 4.78 is 0. The molecule has 0 unspecified atom stereocenters. The number of carbonyl (C=O) groups excluding carboxylic acids is 2. The molecule has 0 spiro atoms. The molecule has 3 rings (SSSR count). The van der Waals surface area contributed by atoms with Crippen molar-refractivity contribution in [3.05, 3.63) is 0 Å². The molecular formula is C12H18N2O2. The molecule has 2 heterocycles. The Morgan fingerprint density at radius 2 is 1.44 bits per heavy atom. The summed E-state index contributed by atoms with van der Waals surface area (Å²) in [6, 6.07) is 0.909. The van der Waals surface area contributed by atoms with Gasteiger partial charge >= 0.3 is 0 Å². The van der Waals surface area contributed by atoms with Crippen LogP contribution in [0.25, 0.3) is 0 Å². The fraction of sp³-hybridized carbons (Fsp3) is 0.833. The minimum absolute atomic E-state index is 0.0427. The van der Waals surface area contributed by atoms with Gasteiger partial charge in [-0.3, -0.25) is 19.4 Å². The van der Waals surface area contributed by atoms with Gasteiger partial charge in [-0.05, 0) is 12.8 Å². The van der Waals surface area contributed by atoms with Crippen LogP contribution in [-0.2, 0) is 9.59 Å². The fourth-order valence-corrected chi connectivity index (χ4v) is 3.22. The number of hydrogen-bond donors (Lipinski definition) is 0. The average Bonchev–Trinajstić information content (AvgIpc) is 2.80. The number of amides is 2. The van der Waals surface area contributed by atoms with Gasteiger partial charge in [-0.1, -0.05) is 12.8 Å². The second-order valence-corrected chi connectivity index (χ2v) is 5.20. The van der Waals surface area contributed by atoms with E-state index in [0.717, 1.165) is 19.1 Å². The van der Waals surface area contributed by atoms with E-state index in [-0.39, 0.29) is 17.9 Å². The Morgan fingerprint density at radius 3 is 2.00 bits per heavy atom. The third-order valence-electron chi connectivity index (χ3n) is 4.19. The first-order chi connectivity index (χ1) is 7.75. The number of hydrogen-bond acceptors (Lipinski definition) is 3. The predicted octanol–water partition coefficient (Wildman–Crippen LogP) is 0.762. The van der Waals surface area contributed by atoms with Crippen molar-refractivity contribution in [3.8, 4) is 0 Å². The van der Waals surface area contributed by atoms with Gasteiger partial charge in [-0.2, -0.15) is 0 Å². The molecule has 1 saturated carbocycles. The second-order valence-electron chi connectivity index (χ2n) is 5.20. The molecule has 2 amide bonds. The quantitative estimate of drug-likeness (QED) is 0.648. The lowest BCUT2D eigenvalue weighted by Crippen LogP contribution is -2.62. The zero-order valence-electron chi connectivity index (χ0n) is 9.52. The highest BCUT2D eigenvalue weighted by Crippen LogP contribution is 2.30. The van der Waals surface area contributed by atoms with Crippen LogP contribution >= 0.6 is 0 Å². The summed E-state index contributed by atoms with van der Waals surface area (Å²) in [5, 5.41) is 0. The largest absolute Gasteiger partial charge is 0.296 e. The van der Waals surface area contributed by atoms with E-state index in [9.17, 15) is 9.59 Å². The first kappa shape index (κ1) is 10.3. The van der Waals surface area contributed by atoms with Crippen molar-refractivity contribution in [2.45, 2.75) is 50.6 Å². The lowest BCUT2D eigenvalue weighted by atomic mass is 10.0. The molecule has 4 heteroatoms. The van der Waals surface area contributed by atoms with E-state index < -0.39 is 0 Å². The van der Waals surface area contributed by atoms with Gasteiger partial charge in [-0.25, -0.2) is 0 Å². The molecule has 3 fully saturated rings. The zero-order valence-corrected chi connectivity index (χ0v) is 9.52. The molecule has 0 atom stereocenters. The maximum Gasteiger partial charge on any atom is 0.230 e. The average molecular weight is 222 g/mol. The molecule has 88 valence electrons. The number of likely N-dealkylation sites (tertiary alicyclic amines) is 2. The van der Waals surface area contributed by atoms with E-state index in [4.69, 9.17) is 0 Å². The van der Waals surface area contributed by atoms with Gasteiger partial charge in [-0.15, -0.1) is 0 Å². The normalized spacial score (nSPS) is 29.1. The van der Waals surface area contributed by atoms with Gasteiger partial charge < -0.3 is 0 Å². The highest BCUT2D eigenvalue weighted by Gasteiger charge is 2.43. The molecule has 0 aromatic rings. The molecule has 4 nitrogen and oxygen atoms in total. The molecule has 0 radical (unpaired) electrons. The van der Waals surface area contributed by atoms with Crippen molar-refractivity contribution in [2.24, 2.45) is 0 Å². The van der Waals surface area contributed by atoms with E-state index in [1.54, 1.807) is 0 Å². The molecule has 16 heavy (non-hydrogen) atoms. The van der Waals surface area contributed by atoms with Crippen LogP contribution in [-0.4, -0.2) is 46.8 Å². The summed E-state index contributed by atoms with van der Waals surface area (Å²) in [4.78, 5) is 27.0. The molecule has 0 aromatic carbocycles. The number of imide groups is 1. The molecule has 1 aliphatic carbocycles. The van der Waals surface area contributed by atoms with Gasteiger partial charge in [0.15, 0.2) is 0 Å². The van der Waals surface area contributed by atoms with Crippen LogP contribution in [0.4, 0.5) is 0 Å². The molecule has 0 N–H and O–H groups in total. The Hall–Kier alpha value is -0.900. The lowest BCUT2D eigenvalue weighted by Gasteiger charge is -2.46. The third-order valence-corrected chi connectivity index (χ3v) is 4.19. The number of nitrogens with zero attached hydrogens (tertiary/aromatic N) is 2. The smallest absolute Gasteiger partial charge is 0.230 e. The van der Waals surface area contributed by atoms with Crippen molar-refractivity contribution in [1.82, 2.24) is 9.80 Å². The summed E-state index contributed by atoms with van der Waals surface area (Å²) in [7, 11) is 0. The lowest BCUT2D eigenvalue weighted by molar-refractivity contribution is -0.145. The zero-order chi connectivity index (χ0) is 11.1. The highest BCUT2D eigenvalue weighted by molar-refractivity contribution is 6.02. The van der Waals surface area contributed by atoms with Gasteiger partial charge in [0.05, 0.1) is 6.04 Å². The van der Waals surface area contributed by atoms with Crippen LogP contribution in [0.2, 0.25) is 0 Å². The van der Waals surface area contributed by atoms with Crippen LogP contribution in [0, 0.1) is 0 Å². The molecule has 0 bridgehead atoms. The summed E-state index contributed by atoms with van der Waals surface area (Å²) in [6.07, 6.45) is 6.14. The monoisotopic (exact) mass is 222 g/mol. The summed E-state index contributed by atoms with van der Waals surface area (Å²) in [5.41, 5.74) is 0. The fourth-order valence-electron chi connectivity index (χ4n) is 3.22. The van der Waals surface area contributed by atoms with Crippen molar-refractivity contribution in [2.75, 3.05) is 13.1 Å². The van der Waals surface area contributed by atoms with E-state index in [0.29, 0.717) is 12.8 Å². The Kier molecular flexibility index (Phi) is 2.46. The summed E-state index contributed by atoms with van der Waals surface area (Å²) in [5.74, 6) is 0.0853. The van der Waals surface area contributed by atoms with E-state index in [1.165, 1.54) is 30.6 Å². The topological polar surface area (TPSA) is 40.6 Å². The van der Waals surface area contributed by atoms with Gasteiger partial charge in [0.1, 0.15) is 0 Å². The first-order valence-corrected chi connectivity index (χ1v) is 6.34. The van der Waals surface area contributed by atoms with Crippen LogP contribution in [0.15, 0.2) is 0 Å². The third kappa shape index (κ3) is 1.56. The maximum atomic E-state index is 11.5. The van der Waals surface area contributed by atoms with Crippen LogP contribution < -0.4 is 0 Å². The van der Waals surface area contributed by atoms with Crippen molar-refractivity contribution < 1.29 is 9.59 Å². The number of rotatable bonds is 2. The van der Waals surface area contributed by atoms with Crippen molar-refractivity contribution >= 4 is 11.8 Å². The summed E-state index contributed by atoms with van der Waals surface area (Å²) in [6.45, 7) is 1.84.